The number of nitrogens with zero attached hydrogens (tertiary/aromatic N) is 2. The third-order valence-corrected chi connectivity index (χ3v) is 2.28. The van der Waals surface area contributed by atoms with Gasteiger partial charge in [0, 0.05) is 6.20 Å². The summed E-state index contributed by atoms with van der Waals surface area (Å²) >= 11 is 0. The van der Waals surface area contributed by atoms with Crippen LogP contribution < -0.4 is 0 Å². The molecule has 0 spiro atoms. The number of carbonyl (C=O) groups is 1. The third-order valence-electron chi connectivity index (χ3n) is 2.28. The molecule has 4 nitrogen and oxygen atoms in total. The molecule has 6 heteroatoms. The minimum atomic E-state index is -1.11. The first kappa shape index (κ1) is 13.8. The van der Waals surface area contributed by atoms with Gasteiger partial charge in [-0.1, -0.05) is 0 Å². The number of carboxylic acids is 1. The summed E-state index contributed by atoms with van der Waals surface area (Å²) in [5, 5.41) is 8.93. The molecule has 0 saturated carbocycles. The van der Waals surface area contributed by atoms with Gasteiger partial charge in [0.05, 0.1) is 5.69 Å². The van der Waals surface area contributed by atoms with E-state index in [-0.39, 0.29) is 57.1 Å². The van der Waals surface area contributed by atoms with E-state index >= 15 is 0 Å². The number of halogens is 1. The molecule has 0 atom stereocenters. The number of hydrogen-bond donors (Lipinski definition) is 1. The van der Waals surface area contributed by atoms with Crippen LogP contribution in [0, 0.1) is 19.7 Å². The molecule has 2 aromatic rings. The summed E-state index contributed by atoms with van der Waals surface area (Å²) in [6.07, 6.45) is 1.15. The van der Waals surface area contributed by atoms with Crippen molar-refractivity contribution in [3.63, 3.8) is 0 Å². The van der Waals surface area contributed by atoms with Gasteiger partial charge in [0.2, 0.25) is 0 Å². The summed E-state index contributed by atoms with van der Waals surface area (Å²) < 4.78 is 14.5. The predicted octanol–water partition coefficient (Wildman–Crippen LogP) is 1.14. The maximum absolute atomic E-state index is 13.3. The first-order valence-electron chi connectivity index (χ1n) is 4.39. The van der Waals surface area contributed by atoms with Gasteiger partial charge >= 0.3 is 57.4 Å². The molecule has 2 rings (SSSR count). The van der Waals surface area contributed by atoms with Gasteiger partial charge < -0.3 is 5.11 Å². The Kier molecular flexibility index (Phi) is 4.25. The van der Waals surface area contributed by atoms with E-state index in [9.17, 15) is 9.18 Å². The number of aromatic nitrogens is 2. The second-order valence-electron chi connectivity index (χ2n) is 3.38. The summed E-state index contributed by atoms with van der Waals surface area (Å²) in [4.78, 5) is 15.0. The van der Waals surface area contributed by atoms with Crippen molar-refractivity contribution in [2.45, 2.75) is 13.8 Å². The normalized spacial score (nSPS) is 10.2. The van der Waals surface area contributed by atoms with E-state index in [1.807, 2.05) is 0 Å². The molecule has 16 heavy (non-hydrogen) atoms. The van der Waals surface area contributed by atoms with Crippen LogP contribution in [-0.2, 0) is 0 Å². The van der Waals surface area contributed by atoms with E-state index in [0.717, 1.165) is 6.20 Å². The molecule has 0 aliphatic heterocycles. The van der Waals surface area contributed by atoms with Crippen molar-refractivity contribution in [1.29, 1.82) is 0 Å². The van der Waals surface area contributed by atoms with Crippen LogP contribution in [0.15, 0.2) is 12.3 Å². The molecule has 0 aliphatic rings. The summed E-state index contributed by atoms with van der Waals surface area (Å²) in [6, 6.07) is 1.52. The second-order valence-corrected chi connectivity index (χ2v) is 3.38. The van der Waals surface area contributed by atoms with Crippen molar-refractivity contribution in [2.24, 2.45) is 0 Å². The number of pyridine rings is 1. The number of imidazole rings is 1. The third kappa shape index (κ3) is 2.21. The van der Waals surface area contributed by atoms with Gasteiger partial charge in [-0.25, -0.2) is 14.2 Å². The van der Waals surface area contributed by atoms with E-state index in [2.05, 4.69) is 4.98 Å². The molecule has 0 bridgehead atoms. The van der Waals surface area contributed by atoms with Crippen molar-refractivity contribution >= 4 is 63.0 Å². The molecule has 0 aliphatic carbocycles. The Morgan fingerprint density at radius 3 is 2.69 bits per heavy atom. The number of aromatic carboxylic acids is 1. The minimum absolute atomic E-state index is 0. The van der Waals surface area contributed by atoms with Gasteiger partial charge in [0.1, 0.15) is 11.5 Å². The fourth-order valence-corrected chi connectivity index (χ4v) is 1.54. The van der Waals surface area contributed by atoms with Crippen LogP contribution >= 0.6 is 0 Å². The van der Waals surface area contributed by atoms with Crippen molar-refractivity contribution < 1.29 is 14.3 Å². The zero-order valence-electron chi connectivity index (χ0n) is 8.28. The van der Waals surface area contributed by atoms with E-state index < -0.39 is 11.8 Å². The summed E-state index contributed by atoms with van der Waals surface area (Å²) in [6.45, 7) is 3.20. The monoisotopic (exact) mass is 248 g/mol. The maximum atomic E-state index is 13.3. The predicted molar refractivity (Wildman–Crippen MR) is 58.7 cm³/mol. The average molecular weight is 248 g/mol. The standard InChI is InChI=1S/C10H9FN2O2.K.H/c1-5-3-8-12-6(2)9(10(14)15)13(8)4-7(5)11;;/h3-4H,1-2H3,(H,14,15);;. The summed E-state index contributed by atoms with van der Waals surface area (Å²) in [7, 11) is 0. The van der Waals surface area contributed by atoms with Gasteiger partial charge in [0.25, 0.3) is 0 Å². The molecule has 0 aromatic carbocycles. The van der Waals surface area contributed by atoms with E-state index in [0.29, 0.717) is 16.9 Å². The van der Waals surface area contributed by atoms with Gasteiger partial charge in [-0.2, -0.15) is 0 Å². The number of rotatable bonds is 1. The molecule has 2 heterocycles. The van der Waals surface area contributed by atoms with Crippen molar-refractivity contribution in [3.8, 4) is 0 Å². The molecule has 0 saturated heterocycles. The Labute approximate surface area is 134 Å². The Bertz CT molecular complexity index is 565. The Morgan fingerprint density at radius 1 is 1.50 bits per heavy atom. The fourth-order valence-electron chi connectivity index (χ4n) is 1.54. The van der Waals surface area contributed by atoms with Crippen LogP contribution in [0.4, 0.5) is 4.39 Å². The number of carboxylic acid groups (broad SMARTS) is 1. The quantitative estimate of drug-likeness (QED) is 0.770. The van der Waals surface area contributed by atoms with Crippen LogP contribution in [-0.4, -0.2) is 71.8 Å². The molecule has 0 amide bonds. The van der Waals surface area contributed by atoms with Crippen LogP contribution in [0.5, 0.6) is 0 Å². The Hall–Kier alpha value is -0.274. The van der Waals surface area contributed by atoms with Crippen LogP contribution in [0.2, 0.25) is 0 Å². The zero-order valence-corrected chi connectivity index (χ0v) is 8.28. The SMILES string of the molecule is Cc1cc2nc(C)c(C(=O)O)n2cc1F.[KH]. The number of aryl methyl sites for hydroxylation is 2. The van der Waals surface area contributed by atoms with Crippen molar-refractivity contribution in [3.05, 3.63) is 35.0 Å². The van der Waals surface area contributed by atoms with Gasteiger partial charge in [-0.05, 0) is 25.5 Å². The molecule has 80 valence electrons. The van der Waals surface area contributed by atoms with Crippen molar-refractivity contribution in [2.75, 3.05) is 0 Å². The molecule has 1 N–H and O–H groups in total. The second kappa shape index (κ2) is 4.93. The van der Waals surface area contributed by atoms with Gasteiger partial charge in [0.15, 0.2) is 5.69 Å². The molecule has 0 unspecified atom stereocenters. The van der Waals surface area contributed by atoms with E-state index in [4.69, 9.17) is 5.11 Å². The molecule has 0 radical (unpaired) electrons. The fraction of sp³-hybridized carbons (Fsp3) is 0.200. The first-order valence-corrected chi connectivity index (χ1v) is 4.39. The molecular formula is C10H10FKN2O2. The van der Waals surface area contributed by atoms with E-state index in [1.54, 1.807) is 13.8 Å². The molecule has 0 fully saturated rings. The van der Waals surface area contributed by atoms with Gasteiger partial charge in [-0.15, -0.1) is 0 Å². The summed E-state index contributed by atoms with van der Waals surface area (Å²) in [5.74, 6) is -1.55. The van der Waals surface area contributed by atoms with Crippen LogP contribution in [0.1, 0.15) is 21.7 Å². The van der Waals surface area contributed by atoms with Crippen LogP contribution in [0.3, 0.4) is 0 Å². The number of fused-ring (bicyclic) bond motifs is 1. The molecule has 2 aromatic heterocycles. The molecular weight excluding hydrogens is 238 g/mol. The van der Waals surface area contributed by atoms with Gasteiger partial charge in [-0.3, -0.25) is 4.40 Å². The van der Waals surface area contributed by atoms with Crippen LogP contribution in [0.25, 0.3) is 5.65 Å². The summed E-state index contributed by atoms with van der Waals surface area (Å²) in [5.41, 5.74) is 1.28. The Balaban J connectivity index is 0.00000128. The first-order chi connectivity index (χ1) is 7.00. The Morgan fingerprint density at radius 2 is 2.12 bits per heavy atom. The topological polar surface area (TPSA) is 54.6 Å². The van der Waals surface area contributed by atoms with E-state index in [1.165, 1.54) is 10.5 Å². The number of hydrogen-bond acceptors (Lipinski definition) is 2. The zero-order chi connectivity index (χ0) is 11.2. The van der Waals surface area contributed by atoms with Crippen molar-refractivity contribution in [1.82, 2.24) is 9.38 Å². The average Bonchev–Trinajstić information content (AvgIpc) is 2.41.